The molecule has 3 heteroatoms. The van der Waals surface area contributed by atoms with Crippen LogP contribution < -0.4 is 0 Å². The van der Waals surface area contributed by atoms with E-state index in [4.69, 9.17) is 0 Å². The van der Waals surface area contributed by atoms with Crippen LogP contribution in [-0.4, -0.2) is 35.7 Å². The SMILES string of the molecule is CCCCCCCCCCCCCCCC[P+](C)(CO)CO. The second-order valence-electron chi connectivity index (χ2n) is 7.22. The van der Waals surface area contributed by atoms with Gasteiger partial charge >= 0.3 is 0 Å². The predicted molar refractivity (Wildman–Crippen MR) is 102 cm³/mol. The van der Waals surface area contributed by atoms with Crippen LogP contribution in [0.25, 0.3) is 0 Å². The van der Waals surface area contributed by atoms with Crippen LogP contribution in [0.1, 0.15) is 96.8 Å². The monoisotopic (exact) mass is 333 g/mol. The number of hydrogen-bond donors (Lipinski definition) is 2. The van der Waals surface area contributed by atoms with E-state index in [1.165, 1.54) is 89.9 Å². The molecule has 0 aromatic rings. The molecule has 0 spiro atoms. The standard InChI is InChI=1S/C19H42O2P/c1-3-4-5-6-7-8-9-10-11-12-13-14-15-16-17-22(2,18-20)19-21/h20-21H,3-19H2,1-2H3/q+1. The van der Waals surface area contributed by atoms with Crippen molar-refractivity contribution in [2.75, 3.05) is 25.5 Å². The summed E-state index contributed by atoms with van der Waals surface area (Å²) in [5.74, 6) is 0. The quantitative estimate of drug-likeness (QED) is 0.252. The Kier molecular flexibility index (Phi) is 16.5. The highest BCUT2D eigenvalue weighted by atomic mass is 31.2. The molecule has 0 saturated heterocycles. The number of rotatable bonds is 17. The predicted octanol–water partition coefficient (Wildman–Crippen LogP) is 6.01. The van der Waals surface area contributed by atoms with Crippen LogP contribution in [0.5, 0.6) is 0 Å². The number of hydrogen-bond acceptors (Lipinski definition) is 2. The van der Waals surface area contributed by atoms with Crippen molar-refractivity contribution in [3.63, 3.8) is 0 Å². The van der Waals surface area contributed by atoms with Crippen LogP contribution in [0.4, 0.5) is 0 Å². The van der Waals surface area contributed by atoms with E-state index >= 15 is 0 Å². The van der Waals surface area contributed by atoms with Crippen molar-refractivity contribution >= 4 is 7.26 Å². The normalized spacial score (nSPS) is 12.0. The lowest BCUT2D eigenvalue weighted by Gasteiger charge is -2.17. The second kappa shape index (κ2) is 16.2. The summed E-state index contributed by atoms with van der Waals surface area (Å²) in [7, 11) is -1.40. The van der Waals surface area contributed by atoms with Crippen LogP contribution in [0.3, 0.4) is 0 Å². The van der Waals surface area contributed by atoms with E-state index in [0.717, 1.165) is 6.16 Å². The van der Waals surface area contributed by atoms with Gasteiger partial charge in [-0.2, -0.15) is 0 Å². The fourth-order valence-corrected chi connectivity index (χ4v) is 4.23. The first kappa shape index (κ1) is 22.4. The van der Waals surface area contributed by atoms with Crippen molar-refractivity contribution < 1.29 is 10.2 Å². The van der Waals surface area contributed by atoms with Crippen LogP contribution in [0.15, 0.2) is 0 Å². The highest BCUT2D eigenvalue weighted by Crippen LogP contribution is 2.53. The average Bonchev–Trinajstić information content (AvgIpc) is 2.55. The molecule has 0 bridgehead atoms. The van der Waals surface area contributed by atoms with Crippen molar-refractivity contribution in [3.8, 4) is 0 Å². The van der Waals surface area contributed by atoms with Crippen molar-refractivity contribution in [1.82, 2.24) is 0 Å². The summed E-state index contributed by atoms with van der Waals surface area (Å²) in [6.45, 7) is 4.36. The largest absolute Gasteiger partial charge is 0.362 e. The summed E-state index contributed by atoms with van der Waals surface area (Å²) < 4.78 is 0. The summed E-state index contributed by atoms with van der Waals surface area (Å²) in [4.78, 5) is 0. The molecule has 22 heavy (non-hydrogen) atoms. The molecule has 0 atom stereocenters. The van der Waals surface area contributed by atoms with Crippen molar-refractivity contribution in [1.29, 1.82) is 0 Å². The topological polar surface area (TPSA) is 40.5 Å². The van der Waals surface area contributed by atoms with Gasteiger partial charge in [-0.1, -0.05) is 84.0 Å². The van der Waals surface area contributed by atoms with Crippen LogP contribution in [0.2, 0.25) is 0 Å². The highest BCUT2D eigenvalue weighted by Gasteiger charge is 2.28. The summed E-state index contributed by atoms with van der Waals surface area (Å²) in [6.07, 6.45) is 20.8. The van der Waals surface area contributed by atoms with Gasteiger partial charge < -0.3 is 10.2 Å². The lowest BCUT2D eigenvalue weighted by atomic mass is 10.0. The Bertz CT molecular complexity index is 217. The Hall–Kier alpha value is 0.350. The molecule has 0 aromatic carbocycles. The molecule has 0 aliphatic rings. The number of aliphatic hydroxyl groups excluding tert-OH is 2. The van der Waals surface area contributed by atoms with Gasteiger partial charge in [-0.3, -0.25) is 0 Å². The maximum atomic E-state index is 9.28. The van der Waals surface area contributed by atoms with Crippen molar-refractivity contribution in [2.24, 2.45) is 0 Å². The molecule has 0 aliphatic heterocycles. The average molecular weight is 334 g/mol. The smallest absolute Gasteiger partial charge is 0.156 e. The molecule has 0 radical (unpaired) electrons. The Morgan fingerprint density at radius 3 is 1.18 bits per heavy atom. The summed E-state index contributed by atoms with van der Waals surface area (Å²) in [5, 5.41) is 18.6. The minimum Gasteiger partial charge on any atom is -0.362 e. The van der Waals surface area contributed by atoms with E-state index in [-0.39, 0.29) is 12.7 Å². The van der Waals surface area contributed by atoms with Crippen molar-refractivity contribution in [3.05, 3.63) is 0 Å². The lowest BCUT2D eigenvalue weighted by molar-refractivity contribution is 0.338. The maximum absolute atomic E-state index is 9.28. The Labute approximate surface area is 140 Å². The van der Waals surface area contributed by atoms with E-state index in [1.54, 1.807) is 0 Å². The molecule has 0 aliphatic carbocycles. The summed E-state index contributed by atoms with van der Waals surface area (Å²) in [6, 6.07) is 0. The Morgan fingerprint density at radius 1 is 0.545 bits per heavy atom. The fraction of sp³-hybridized carbons (Fsp3) is 1.00. The van der Waals surface area contributed by atoms with Gasteiger partial charge in [-0.15, -0.1) is 0 Å². The zero-order valence-corrected chi connectivity index (χ0v) is 16.3. The molecule has 134 valence electrons. The maximum Gasteiger partial charge on any atom is 0.156 e. The highest BCUT2D eigenvalue weighted by molar-refractivity contribution is 7.74. The molecular formula is C19H42O2P+. The molecule has 0 saturated carbocycles. The van der Waals surface area contributed by atoms with Gasteiger partial charge in [-0.05, 0) is 12.8 Å². The van der Waals surface area contributed by atoms with Gasteiger partial charge in [0, 0.05) is 0 Å². The molecule has 2 nitrogen and oxygen atoms in total. The first-order valence-electron chi connectivity index (χ1n) is 9.74. The Balaban J connectivity index is 3.14. The lowest BCUT2D eigenvalue weighted by Crippen LogP contribution is -2.06. The molecule has 0 unspecified atom stereocenters. The molecule has 0 fully saturated rings. The number of aliphatic hydroxyl groups is 2. The zero-order chi connectivity index (χ0) is 16.5. The molecule has 0 amide bonds. The van der Waals surface area contributed by atoms with E-state index in [1.807, 2.05) is 0 Å². The first-order chi connectivity index (χ1) is 10.7. The van der Waals surface area contributed by atoms with Gasteiger partial charge in [-0.25, -0.2) is 0 Å². The number of unbranched alkanes of at least 4 members (excludes halogenated alkanes) is 13. The summed E-state index contributed by atoms with van der Waals surface area (Å²) in [5.41, 5.74) is 0. The molecule has 0 rings (SSSR count). The first-order valence-corrected chi connectivity index (χ1v) is 12.5. The fourth-order valence-electron chi connectivity index (χ4n) is 2.87. The van der Waals surface area contributed by atoms with E-state index in [0.29, 0.717) is 0 Å². The van der Waals surface area contributed by atoms with Gasteiger partial charge in [0.25, 0.3) is 0 Å². The van der Waals surface area contributed by atoms with Crippen LogP contribution in [0, 0.1) is 0 Å². The zero-order valence-electron chi connectivity index (χ0n) is 15.4. The molecular weight excluding hydrogens is 291 g/mol. The Morgan fingerprint density at radius 2 is 0.864 bits per heavy atom. The second-order valence-corrected chi connectivity index (χ2v) is 11.5. The minimum atomic E-state index is -1.40. The van der Waals surface area contributed by atoms with Crippen molar-refractivity contribution in [2.45, 2.75) is 96.8 Å². The molecule has 0 aromatic heterocycles. The van der Waals surface area contributed by atoms with Crippen LogP contribution in [-0.2, 0) is 0 Å². The van der Waals surface area contributed by atoms with Gasteiger partial charge in [0.1, 0.15) is 0 Å². The third-order valence-corrected chi connectivity index (χ3v) is 7.50. The summed E-state index contributed by atoms with van der Waals surface area (Å²) >= 11 is 0. The van der Waals surface area contributed by atoms with Gasteiger partial charge in [0.15, 0.2) is 12.7 Å². The minimum absolute atomic E-state index is 0.210. The van der Waals surface area contributed by atoms with E-state index in [9.17, 15) is 10.2 Å². The van der Waals surface area contributed by atoms with E-state index < -0.39 is 7.26 Å². The van der Waals surface area contributed by atoms with Gasteiger partial charge in [0.2, 0.25) is 0 Å². The third-order valence-electron chi connectivity index (χ3n) is 4.73. The van der Waals surface area contributed by atoms with Gasteiger partial charge in [0.05, 0.1) is 20.1 Å². The van der Waals surface area contributed by atoms with E-state index in [2.05, 4.69) is 13.6 Å². The molecule has 2 N–H and O–H groups in total. The molecule has 0 heterocycles. The van der Waals surface area contributed by atoms with Crippen LogP contribution >= 0.6 is 7.26 Å². The third kappa shape index (κ3) is 14.0.